The van der Waals surface area contributed by atoms with E-state index in [1.165, 1.54) is 11.1 Å². The number of halogens is 1. The van der Waals surface area contributed by atoms with Gasteiger partial charge in [0.1, 0.15) is 5.57 Å². The minimum atomic E-state index is -0.896. The number of hydrazone groups is 1. The minimum Gasteiger partial charge on any atom is -0.273 e. The Bertz CT molecular complexity index is 1140. The maximum absolute atomic E-state index is 13.0. The molecule has 0 aromatic heterocycles. The monoisotopic (exact) mass is 466 g/mol. The fourth-order valence-electron chi connectivity index (χ4n) is 3.22. The van der Waals surface area contributed by atoms with Gasteiger partial charge in [-0.2, -0.15) is 10.1 Å². The van der Waals surface area contributed by atoms with Gasteiger partial charge < -0.3 is 0 Å². The van der Waals surface area contributed by atoms with Crippen molar-refractivity contribution < 1.29 is 19.2 Å². The number of carbonyl (C=O) groups excluding carboxylic acids is 4. The molecule has 2 aromatic rings. The molecule has 2 heterocycles. The quantitative estimate of drug-likeness (QED) is 0.554. The summed E-state index contributed by atoms with van der Waals surface area (Å²) in [7, 11) is 0. The summed E-state index contributed by atoms with van der Waals surface area (Å²) in [5, 5.41) is 7.66. The van der Waals surface area contributed by atoms with Gasteiger partial charge in [0.05, 0.1) is 23.0 Å². The van der Waals surface area contributed by atoms with E-state index in [0.717, 1.165) is 4.90 Å². The molecular weight excluding hydrogens is 452 g/mol. The molecule has 8 nitrogen and oxygen atoms in total. The number of para-hydroxylation sites is 1. The molecule has 9 heteroatoms. The van der Waals surface area contributed by atoms with E-state index in [1.54, 1.807) is 55.5 Å². The Balaban J connectivity index is 1.68. The van der Waals surface area contributed by atoms with Crippen LogP contribution in [0, 0.1) is 5.92 Å². The highest BCUT2D eigenvalue weighted by atomic mass is 79.9. The smallest absolute Gasteiger partial charge is 0.273 e. The minimum absolute atomic E-state index is 0.291. The normalized spacial score (nSPS) is 20.7. The van der Waals surface area contributed by atoms with Gasteiger partial charge in [0, 0.05) is 4.47 Å². The van der Waals surface area contributed by atoms with Crippen molar-refractivity contribution >= 4 is 56.8 Å². The molecule has 4 rings (SSSR count). The van der Waals surface area contributed by atoms with E-state index < -0.39 is 29.7 Å². The zero-order valence-corrected chi connectivity index (χ0v) is 17.3. The number of barbiturate groups is 1. The number of urea groups is 1. The van der Waals surface area contributed by atoms with Crippen LogP contribution in [0.15, 0.2) is 75.8 Å². The molecule has 2 aliphatic heterocycles. The summed E-state index contributed by atoms with van der Waals surface area (Å²) < 4.78 is 0.662. The van der Waals surface area contributed by atoms with Gasteiger partial charge in [0.25, 0.3) is 17.7 Å². The van der Waals surface area contributed by atoms with Crippen LogP contribution in [-0.2, 0) is 14.4 Å². The van der Waals surface area contributed by atoms with Crippen molar-refractivity contribution in [3.63, 3.8) is 0 Å². The van der Waals surface area contributed by atoms with Crippen LogP contribution in [0.2, 0.25) is 0 Å². The van der Waals surface area contributed by atoms with E-state index in [0.29, 0.717) is 21.6 Å². The van der Waals surface area contributed by atoms with E-state index in [-0.39, 0.29) is 5.57 Å². The number of rotatable bonds is 3. The molecule has 0 bridgehead atoms. The number of hydrogen-bond donors (Lipinski definition) is 1. The zero-order chi connectivity index (χ0) is 21.4. The third-order valence-electron chi connectivity index (χ3n) is 4.68. The topological polar surface area (TPSA) is 99.2 Å². The molecule has 1 atom stereocenters. The van der Waals surface area contributed by atoms with Crippen LogP contribution >= 0.6 is 15.9 Å². The van der Waals surface area contributed by atoms with Gasteiger partial charge in [-0.05, 0) is 43.3 Å². The summed E-state index contributed by atoms with van der Waals surface area (Å²) in [6.45, 7) is 1.64. The van der Waals surface area contributed by atoms with Gasteiger partial charge in [-0.15, -0.1) is 0 Å². The first kappa shape index (κ1) is 19.7. The van der Waals surface area contributed by atoms with Crippen LogP contribution < -0.4 is 15.2 Å². The second kappa shape index (κ2) is 7.68. The first-order valence-corrected chi connectivity index (χ1v) is 9.77. The molecule has 0 aliphatic carbocycles. The maximum Gasteiger partial charge on any atom is 0.335 e. The Kier molecular flexibility index (Phi) is 5.04. The van der Waals surface area contributed by atoms with Gasteiger partial charge in [-0.1, -0.05) is 40.2 Å². The first-order chi connectivity index (χ1) is 14.4. The summed E-state index contributed by atoms with van der Waals surface area (Å²) >= 11 is 3.29. The van der Waals surface area contributed by atoms with Crippen molar-refractivity contribution in [3.8, 4) is 0 Å². The van der Waals surface area contributed by atoms with Crippen LogP contribution in [0.4, 0.5) is 16.2 Å². The Morgan fingerprint density at radius 3 is 2.40 bits per heavy atom. The largest absolute Gasteiger partial charge is 0.335 e. The van der Waals surface area contributed by atoms with Crippen molar-refractivity contribution in [1.29, 1.82) is 0 Å². The first-order valence-electron chi connectivity index (χ1n) is 8.98. The van der Waals surface area contributed by atoms with Crippen molar-refractivity contribution in [1.82, 2.24) is 5.32 Å². The van der Waals surface area contributed by atoms with E-state index in [4.69, 9.17) is 0 Å². The summed E-state index contributed by atoms with van der Waals surface area (Å²) in [6.07, 6.45) is 1.26. The average molecular weight is 467 g/mol. The number of hydrogen-bond acceptors (Lipinski definition) is 5. The second-order valence-corrected chi connectivity index (χ2v) is 7.58. The fraction of sp³-hybridized carbons (Fsp3) is 0.0952. The number of benzene rings is 2. The SMILES string of the molecule is CC1=NN(c2ccccc2)C(=O)[C@H]1/C=C1\C(=O)NC(=O)N(c2cccc(Br)c2)C1=O. The fourth-order valence-corrected chi connectivity index (χ4v) is 3.61. The molecule has 0 spiro atoms. The molecule has 5 amide bonds. The highest BCUT2D eigenvalue weighted by Crippen LogP contribution is 2.28. The second-order valence-electron chi connectivity index (χ2n) is 6.66. The van der Waals surface area contributed by atoms with Crippen LogP contribution in [0.3, 0.4) is 0 Å². The summed E-state index contributed by atoms with van der Waals surface area (Å²) in [6, 6.07) is 14.5. The van der Waals surface area contributed by atoms with E-state index in [2.05, 4.69) is 26.3 Å². The van der Waals surface area contributed by atoms with Crippen molar-refractivity contribution in [3.05, 3.63) is 70.7 Å². The molecule has 1 N–H and O–H groups in total. The van der Waals surface area contributed by atoms with Gasteiger partial charge in [0.2, 0.25) is 0 Å². The molecule has 30 heavy (non-hydrogen) atoms. The molecule has 1 fully saturated rings. The predicted octanol–water partition coefficient (Wildman–Crippen LogP) is 3.00. The lowest BCUT2D eigenvalue weighted by molar-refractivity contribution is -0.122. The van der Waals surface area contributed by atoms with Crippen molar-refractivity contribution in [2.45, 2.75) is 6.92 Å². The highest BCUT2D eigenvalue weighted by Gasteiger charge is 2.40. The van der Waals surface area contributed by atoms with Crippen LogP contribution in [0.1, 0.15) is 6.92 Å². The third kappa shape index (κ3) is 3.43. The lowest BCUT2D eigenvalue weighted by Crippen LogP contribution is -2.54. The van der Waals surface area contributed by atoms with E-state index >= 15 is 0 Å². The molecular formula is C21H15BrN4O4. The number of nitrogens with zero attached hydrogens (tertiary/aromatic N) is 3. The number of carbonyl (C=O) groups is 4. The van der Waals surface area contributed by atoms with Crippen LogP contribution in [-0.4, -0.2) is 29.5 Å². The van der Waals surface area contributed by atoms with Gasteiger partial charge in [-0.3, -0.25) is 19.7 Å². The highest BCUT2D eigenvalue weighted by molar-refractivity contribution is 9.10. The predicted molar refractivity (Wildman–Crippen MR) is 114 cm³/mol. The Hall–Kier alpha value is -3.59. The molecule has 0 unspecified atom stereocenters. The molecule has 0 saturated carbocycles. The Labute approximate surface area is 180 Å². The molecule has 0 radical (unpaired) electrons. The molecule has 2 aliphatic rings. The van der Waals surface area contributed by atoms with Crippen LogP contribution in [0.25, 0.3) is 0 Å². The third-order valence-corrected chi connectivity index (χ3v) is 5.18. The maximum atomic E-state index is 13.0. The van der Waals surface area contributed by atoms with Crippen molar-refractivity contribution in [2.75, 3.05) is 9.91 Å². The average Bonchev–Trinajstić information content (AvgIpc) is 2.99. The number of imide groups is 2. The van der Waals surface area contributed by atoms with Crippen LogP contribution in [0.5, 0.6) is 0 Å². The van der Waals surface area contributed by atoms with E-state index in [1.807, 2.05) is 6.07 Å². The van der Waals surface area contributed by atoms with Crippen molar-refractivity contribution in [2.24, 2.45) is 11.0 Å². The summed E-state index contributed by atoms with van der Waals surface area (Å²) in [4.78, 5) is 51.5. The lowest BCUT2D eigenvalue weighted by Gasteiger charge is -2.26. The van der Waals surface area contributed by atoms with Gasteiger partial charge in [-0.25, -0.2) is 9.69 Å². The Morgan fingerprint density at radius 1 is 1.00 bits per heavy atom. The summed E-state index contributed by atoms with van der Waals surface area (Å²) in [5.74, 6) is -2.94. The Morgan fingerprint density at radius 2 is 1.70 bits per heavy atom. The molecule has 1 saturated heterocycles. The molecule has 2 aromatic carbocycles. The van der Waals surface area contributed by atoms with E-state index in [9.17, 15) is 19.2 Å². The lowest BCUT2D eigenvalue weighted by atomic mass is 9.98. The number of amides is 5. The number of anilines is 2. The van der Waals surface area contributed by atoms with Gasteiger partial charge >= 0.3 is 6.03 Å². The van der Waals surface area contributed by atoms with Gasteiger partial charge in [0.15, 0.2) is 0 Å². The number of nitrogens with one attached hydrogen (secondary N) is 1. The summed E-state index contributed by atoms with van der Waals surface area (Å²) in [5.41, 5.74) is 1.01. The standard InChI is InChI=1S/C21H15BrN4O4/c1-12-16(20(29)26(24-12)14-7-3-2-4-8-14)11-17-18(27)23-21(30)25(19(17)28)15-9-5-6-13(22)10-15/h2-11,16H,1H3,(H,23,27,30)/b17-11+/t16-/m0/s1. The molecule has 150 valence electrons. The zero-order valence-electron chi connectivity index (χ0n) is 15.7.